The molecule has 0 bridgehead atoms. The van der Waals surface area contributed by atoms with Crippen molar-refractivity contribution in [3.05, 3.63) is 102 Å². The van der Waals surface area contributed by atoms with Gasteiger partial charge in [0.25, 0.3) is 0 Å². The summed E-state index contributed by atoms with van der Waals surface area (Å²) in [6.07, 6.45) is 0. The normalized spacial score (nSPS) is 10.6. The van der Waals surface area contributed by atoms with E-state index in [1.807, 2.05) is 66.7 Å². The van der Waals surface area contributed by atoms with Crippen LogP contribution in [-0.2, 0) is 11.4 Å². The van der Waals surface area contributed by atoms with Crippen LogP contribution in [0.15, 0.2) is 91.0 Å². The summed E-state index contributed by atoms with van der Waals surface area (Å²) in [5.74, 6) is 4.90. The quantitative estimate of drug-likeness (QED) is 0.496. The average Bonchev–Trinajstić information content (AvgIpc) is 2.77. The molecule has 0 radical (unpaired) electrons. The van der Waals surface area contributed by atoms with Gasteiger partial charge in [-0.05, 0) is 39.6 Å². The van der Waals surface area contributed by atoms with Gasteiger partial charge in [0.2, 0.25) is 0 Å². The van der Waals surface area contributed by atoms with Crippen LogP contribution in [0, 0.1) is 0 Å². The van der Waals surface area contributed by atoms with Crippen molar-refractivity contribution in [1.29, 1.82) is 0 Å². The summed E-state index contributed by atoms with van der Waals surface area (Å²) < 4.78 is 6.06. The summed E-state index contributed by atoms with van der Waals surface area (Å²) in [6.45, 7) is 0.324. The van der Waals surface area contributed by atoms with Crippen molar-refractivity contribution in [3.63, 3.8) is 0 Å². The van der Waals surface area contributed by atoms with Gasteiger partial charge in [0.05, 0.1) is 0 Å². The van der Waals surface area contributed by atoms with E-state index < -0.39 is 5.97 Å². The Labute approximate surface area is 163 Å². The Kier molecular flexibility index (Phi) is 5.04. The monoisotopic (exact) mass is 369 g/mol. The lowest BCUT2D eigenvalue weighted by Crippen LogP contribution is -2.12. The summed E-state index contributed by atoms with van der Waals surface area (Å²) in [5, 5.41) is 2.26. The number of hydrogen-bond donors (Lipinski definition) is 1. The third-order valence-electron chi connectivity index (χ3n) is 4.68. The van der Waals surface area contributed by atoms with Crippen molar-refractivity contribution in [2.75, 3.05) is 0 Å². The molecule has 4 heteroatoms. The summed E-state index contributed by atoms with van der Waals surface area (Å²) in [6, 6.07) is 29.5. The van der Waals surface area contributed by atoms with Gasteiger partial charge in [-0.1, -0.05) is 78.9 Å². The van der Waals surface area contributed by atoms with Crippen molar-refractivity contribution in [3.8, 4) is 16.9 Å². The lowest BCUT2D eigenvalue weighted by atomic mass is 10.0. The summed E-state index contributed by atoms with van der Waals surface area (Å²) in [7, 11) is 0. The minimum absolute atomic E-state index is 0.294. The maximum Gasteiger partial charge on any atom is 0.360 e. The molecule has 0 unspecified atom stereocenters. The van der Waals surface area contributed by atoms with Crippen molar-refractivity contribution in [2.24, 2.45) is 5.90 Å². The number of ether oxygens (including phenoxy) is 1. The average molecular weight is 369 g/mol. The predicted octanol–water partition coefficient (Wildman–Crippen LogP) is 5.12. The van der Waals surface area contributed by atoms with Crippen molar-refractivity contribution in [1.82, 2.24) is 0 Å². The zero-order valence-corrected chi connectivity index (χ0v) is 15.2. The van der Waals surface area contributed by atoms with Gasteiger partial charge >= 0.3 is 5.97 Å². The second-order valence-electron chi connectivity index (χ2n) is 6.41. The number of rotatable bonds is 5. The van der Waals surface area contributed by atoms with Gasteiger partial charge in [-0.25, -0.2) is 4.79 Å². The van der Waals surface area contributed by atoms with Crippen LogP contribution in [0.25, 0.3) is 21.9 Å². The molecule has 0 heterocycles. The molecule has 0 aliphatic rings. The fourth-order valence-electron chi connectivity index (χ4n) is 3.26. The van der Waals surface area contributed by atoms with Gasteiger partial charge in [0, 0.05) is 0 Å². The fourth-order valence-corrected chi connectivity index (χ4v) is 3.26. The Morgan fingerprint density at radius 1 is 0.786 bits per heavy atom. The van der Waals surface area contributed by atoms with Gasteiger partial charge in [0.15, 0.2) is 0 Å². The van der Waals surface area contributed by atoms with E-state index in [0.717, 1.165) is 27.5 Å². The third kappa shape index (κ3) is 3.59. The Hall–Kier alpha value is -3.63. The molecule has 0 spiro atoms. The standard InChI is InChI=1S/C24H19NO3/c25-28-24(26)22-14-13-19(17-7-2-1-3-8-17)15-23(22)27-16-20-11-6-10-18-9-4-5-12-21(18)20/h1-15H,16,25H2. The number of carbonyl (C=O) groups excluding carboxylic acids is 1. The fraction of sp³-hybridized carbons (Fsp3) is 0.0417. The molecule has 4 rings (SSSR count). The van der Waals surface area contributed by atoms with E-state index in [4.69, 9.17) is 10.6 Å². The van der Waals surface area contributed by atoms with Crippen LogP contribution >= 0.6 is 0 Å². The van der Waals surface area contributed by atoms with E-state index in [2.05, 4.69) is 23.0 Å². The van der Waals surface area contributed by atoms with Crippen LogP contribution in [0.4, 0.5) is 0 Å². The van der Waals surface area contributed by atoms with Crippen molar-refractivity contribution < 1.29 is 14.4 Å². The maximum atomic E-state index is 12.1. The molecule has 0 aromatic heterocycles. The minimum atomic E-state index is -0.632. The molecule has 2 N–H and O–H groups in total. The van der Waals surface area contributed by atoms with E-state index >= 15 is 0 Å². The zero-order valence-electron chi connectivity index (χ0n) is 15.2. The first-order valence-corrected chi connectivity index (χ1v) is 8.96. The topological polar surface area (TPSA) is 61.5 Å². The van der Waals surface area contributed by atoms with E-state index in [1.54, 1.807) is 6.07 Å². The molecule has 0 aliphatic heterocycles. The van der Waals surface area contributed by atoms with Gasteiger partial charge in [-0.2, -0.15) is 5.90 Å². The zero-order chi connectivity index (χ0) is 19.3. The highest BCUT2D eigenvalue weighted by Gasteiger charge is 2.15. The smallest absolute Gasteiger partial charge is 0.360 e. The largest absolute Gasteiger partial charge is 0.488 e. The number of fused-ring (bicyclic) bond motifs is 1. The first-order chi connectivity index (χ1) is 13.8. The first kappa shape index (κ1) is 17.8. The third-order valence-corrected chi connectivity index (χ3v) is 4.68. The van der Waals surface area contributed by atoms with Gasteiger partial charge in [-0.15, -0.1) is 0 Å². The Bertz CT molecular complexity index is 1120. The van der Waals surface area contributed by atoms with Crippen molar-refractivity contribution in [2.45, 2.75) is 6.61 Å². The number of nitrogens with two attached hydrogens (primary N) is 1. The molecule has 28 heavy (non-hydrogen) atoms. The van der Waals surface area contributed by atoms with Gasteiger partial charge in [-0.3, -0.25) is 0 Å². The number of carbonyl (C=O) groups is 1. The molecular weight excluding hydrogens is 350 g/mol. The summed E-state index contributed by atoms with van der Waals surface area (Å²) in [5.41, 5.74) is 3.31. The molecule has 4 aromatic rings. The van der Waals surface area contributed by atoms with E-state index in [9.17, 15) is 4.79 Å². The van der Waals surface area contributed by atoms with Gasteiger partial charge in [0.1, 0.15) is 17.9 Å². The lowest BCUT2D eigenvalue weighted by molar-refractivity contribution is 0.0498. The van der Waals surface area contributed by atoms with Crippen LogP contribution in [0.3, 0.4) is 0 Å². The Balaban J connectivity index is 1.69. The van der Waals surface area contributed by atoms with Crippen LogP contribution in [0.5, 0.6) is 5.75 Å². The first-order valence-electron chi connectivity index (χ1n) is 8.96. The van der Waals surface area contributed by atoms with E-state index in [1.165, 1.54) is 0 Å². The number of benzene rings is 4. The highest BCUT2D eigenvalue weighted by Crippen LogP contribution is 2.29. The highest BCUT2D eigenvalue weighted by molar-refractivity contribution is 5.93. The van der Waals surface area contributed by atoms with Crippen LogP contribution in [0.2, 0.25) is 0 Å². The Morgan fingerprint density at radius 3 is 2.36 bits per heavy atom. The molecule has 0 amide bonds. The minimum Gasteiger partial charge on any atom is -0.488 e. The molecule has 0 fully saturated rings. The second-order valence-corrected chi connectivity index (χ2v) is 6.41. The maximum absolute atomic E-state index is 12.1. The van der Waals surface area contributed by atoms with Crippen LogP contribution < -0.4 is 10.6 Å². The van der Waals surface area contributed by atoms with Crippen LogP contribution in [0.1, 0.15) is 15.9 Å². The molecule has 0 aliphatic carbocycles. The van der Waals surface area contributed by atoms with E-state index in [-0.39, 0.29) is 0 Å². The van der Waals surface area contributed by atoms with Crippen molar-refractivity contribution >= 4 is 16.7 Å². The lowest BCUT2D eigenvalue weighted by Gasteiger charge is -2.13. The SMILES string of the molecule is NOC(=O)c1ccc(-c2ccccc2)cc1OCc1cccc2ccccc12. The number of hydrogen-bond acceptors (Lipinski definition) is 4. The summed E-state index contributed by atoms with van der Waals surface area (Å²) >= 11 is 0. The Morgan fingerprint density at radius 2 is 1.54 bits per heavy atom. The van der Waals surface area contributed by atoms with E-state index in [0.29, 0.717) is 17.9 Å². The van der Waals surface area contributed by atoms with Crippen LogP contribution in [-0.4, -0.2) is 5.97 Å². The molecule has 0 saturated carbocycles. The van der Waals surface area contributed by atoms with Gasteiger partial charge < -0.3 is 9.57 Å². The molecule has 138 valence electrons. The molecule has 4 nitrogen and oxygen atoms in total. The molecular formula is C24H19NO3. The predicted molar refractivity (Wildman–Crippen MR) is 110 cm³/mol. The summed E-state index contributed by atoms with van der Waals surface area (Å²) in [4.78, 5) is 16.5. The highest BCUT2D eigenvalue weighted by atomic mass is 16.7. The molecule has 0 atom stereocenters. The molecule has 4 aromatic carbocycles. The second kappa shape index (κ2) is 7.94. The molecule has 0 saturated heterocycles.